The third-order valence-corrected chi connectivity index (χ3v) is 3.73. The molecule has 4 heteroatoms. The Balaban J connectivity index is 1.84. The molecule has 0 aliphatic heterocycles. The number of anilines is 1. The summed E-state index contributed by atoms with van der Waals surface area (Å²) in [7, 11) is 0. The molecule has 0 aliphatic rings. The third kappa shape index (κ3) is 4.95. The first-order chi connectivity index (χ1) is 11.1. The molecule has 2 aromatic carbocycles. The van der Waals surface area contributed by atoms with Crippen molar-refractivity contribution in [3.05, 3.63) is 65.2 Å². The second-order valence-corrected chi connectivity index (χ2v) is 5.44. The number of rotatable bonds is 6. The molecular formula is C19H22N2O2. The summed E-state index contributed by atoms with van der Waals surface area (Å²) < 4.78 is 0. The van der Waals surface area contributed by atoms with Gasteiger partial charge >= 0.3 is 0 Å². The number of benzene rings is 2. The molecule has 0 saturated carbocycles. The highest BCUT2D eigenvalue weighted by Crippen LogP contribution is 2.15. The summed E-state index contributed by atoms with van der Waals surface area (Å²) in [5, 5.41) is 5.50. The SMILES string of the molecule is CCc1ccccc1NC(=O)CNC(=O)Cc1ccccc1C. The zero-order valence-electron chi connectivity index (χ0n) is 13.6. The molecule has 0 saturated heterocycles. The van der Waals surface area contributed by atoms with Crippen molar-refractivity contribution >= 4 is 17.5 Å². The summed E-state index contributed by atoms with van der Waals surface area (Å²) in [6, 6.07) is 15.4. The molecule has 2 amide bonds. The number of carbonyl (C=O) groups is 2. The highest BCUT2D eigenvalue weighted by molar-refractivity contribution is 5.95. The van der Waals surface area contributed by atoms with Gasteiger partial charge in [0, 0.05) is 5.69 Å². The van der Waals surface area contributed by atoms with Crippen LogP contribution in [-0.4, -0.2) is 18.4 Å². The van der Waals surface area contributed by atoms with Gasteiger partial charge in [0.2, 0.25) is 11.8 Å². The standard InChI is InChI=1S/C19H22N2O2/c1-3-15-9-6-7-11-17(15)21-19(23)13-20-18(22)12-16-10-5-4-8-14(16)2/h4-11H,3,12-13H2,1-2H3,(H,20,22)(H,21,23). The zero-order chi connectivity index (χ0) is 16.7. The maximum atomic E-state index is 12.0. The summed E-state index contributed by atoms with van der Waals surface area (Å²) in [6.07, 6.45) is 1.13. The van der Waals surface area contributed by atoms with Crippen LogP contribution in [0.15, 0.2) is 48.5 Å². The molecule has 0 aliphatic carbocycles. The van der Waals surface area contributed by atoms with Gasteiger partial charge in [-0.05, 0) is 36.1 Å². The lowest BCUT2D eigenvalue weighted by Crippen LogP contribution is -2.34. The van der Waals surface area contributed by atoms with Gasteiger partial charge in [0.05, 0.1) is 13.0 Å². The molecule has 0 atom stereocenters. The van der Waals surface area contributed by atoms with Crippen molar-refractivity contribution in [1.29, 1.82) is 0 Å². The largest absolute Gasteiger partial charge is 0.347 e. The van der Waals surface area contributed by atoms with Crippen LogP contribution < -0.4 is 10.6 Å². The first kappa shape index (κ1) is 16.7. The predicted octanol–water partition coefficient (Wildman–Crippen LogP) is 2.85. The minimum atomic E-state index is -0.218. The normalized spacial score (nSPS) is 10.2. The van der Waals surface area contributed by atoms with Crippen LogP contribution in [0.1, 0.15) is 23.6 Å². The van der Waals surface area contributed by atoms with Crippen molar-refractivity contribution in [3.63, 3.8) is 0 Å². The molecule has 120 valence electrons. The molecular weight excluding hydrogens is 288 g/mol. The highest BCUT2D eigenvalue weighted by Gasteiger charge is 2.09. The summed E-state index contributed by atoms with van der Waals surface area (Å²) >= 11 is 0. The molecule has 0 aromatic heterocycles. The van der Waals surface area contributed by atoms with Crippen LogP contribution in [0.3, 0.4) is 0 Å². The molecule has 23 heavy (non-hydrogen) atoms. The molecule has 0 radical (unpaired) electrons. The maximum Gasteiger partial charge on any atom is 0.243 e. The van der Waals surface area contributed by atoms with Crippen LogP contribution >= 0.6 is 0 Å². The van der Waals surface area contributed by atoms with E-state index in [1.54, 1.807) is 0 Å². The Bertz CT molecular complexity index is 695. The monoisotopic (exact) mass is 310 g/mol. The molecule has 0 unspecified atom stereocenters. The fourth-order valence-corrected chi connectivity index (χ4v) is 2.37. The summed E-state index contributed by atoms with van der Waals surface area (Å²) in [5.41, 5.74) is 3.92. The van der Waals surface area contributed by atoms with Crippen molar-refractivity contribution in [3.8, 4) is 0 Å². The average molecular weight is 310 g/mol. The Morgan fingerprint density at radius 3 is 2.26 bits per heavy atom. The summed E-state index contributed by atoms with van der Waals surface area (Å²) in [5.74, 6) is -0.373. The van der Waals surface area contributed by atoms with E-state index in [0.717, 1.165) is 28.8 Å². The Morgan fingerprint density at radius 2 is 1.57 bits per heavy atom. The van der Waals surface area contributed by atoms with Crippen molar-refractivity contribution in [2.24, 2.45) is 0 Å². The maximum absolute atomic E-state index is 12.0. The molecule has 2 aromatic rings. The number of hydrogen-bond donors (Lipinski definition) is 2. The fraction of sp³-hybridized carbons (Fsp3) is 0.263. The van der Waals surface area contributed by atoms with Crippen molar-refractivity contribution in [1.82, 2.24) is 5.32 Å². The van der Waals surface area contributed by atoms with E-state index in [1.807, 2.05) is 62.4 Å². The Kier molecular flexibility index (Phi) is 5.92. The van der Waals surface area contributed by atoms with Crippen LogP contribution in [0.2, 0.25) is 0 Å². The number of amides is 2. The van der Waals surface area contributed by atoms with E-state index >= 15 is 0 Å². The highest BCUT2D eigenvalue weighted by atomic mass is 16.2. The van der Waals surface area contributed by atoms with Crippen LogP contribution in [0, 0.1) is 6.92 Å². The van der Waals surface area contributed by atoms with Crippen LogP contribution in [0.4, 0.5) is 5.69 Å². The fourth-order valence-electron chi connectivity index (χ4n) is 2.37. The predicted molar refractivity (Wildman–Crippen MR) is 92.3 cm³/mol. The second-order valence-electron chi connectivity index (χ2n) is 5.44. The first-order valence-corrected chi connectivity index (χ1v) is 7.79. The number of aryl methyl sites for hydroxylation is 2. The van der Waals surface area contributed by atoms with E-state index in [1.165, 1.54) is 0 Å². The van der Waals surface area contributed by atoms with E-state index in [-0.39, 0.29) is 24.8 Å². The van der Waals surface area contributed by atoms with E-state index < -0.39 is 0 Å². The number of carbonyl (C=O) groups excluding carboxylic acids is 2. The minimum absolute atomic E-state index is 0.0250. The molecule has 4 nitrogen and oxygen atoms in total. The lowest BCUT2D eigenvalue weighted by Gasteiger charge is -2.10. The van der Waals surface area contributed by atoms with Crippen molar-refractivity contribution < 1.29 is 9.59 Å². The Labute approximate surface area is 136 Å². The molecule has 2 N–H and O–H groups in total. The van der Waals surface area contributed by atoms with Gasteiger partial charge in [-0.2, -0.15) is 0 Å². The smallest absolute Gasteiger partial charge is 0.243 e. The van der Waals surface area contributed by atoms with Gasteiger partial charge in [0.15, 0.2) is 0 Å². The molecule has 2 rings (SSSR count). The van der Waals surface area contributed by atoms with Gasteiger partial charge in [-0.3, -0.25) is 9.59 Å². The Morgan fingerprint density at radius 1 is 0.913 bits per heavy atom. The van der Waals surface area contributed by atoms with Crippen LogP contribution in [0.25, 0.3) is 0 Å². The quantitative estimate of drug-likeness (QED) is 0.862. The van der Waals surface area contributed by atoms with Gasteiger partial charge in [-0.15, -0.1) is 0 Å². The molecule has 0 fully saturated rings. The van der Waals surface area contributed by atoms with Crippen LogP contribution in [-0.2, 0) is 22.4 Å². The van der Waals surface area contributed by atoms with Crippen LogP contribution in [0.5, 0.6) is 0 Å². The van der Waals surface area contributed by atoms with Gasteiger partial charge in [-0.25, -0.2) is 0 Å². The summed E-state index contributed by atoms with van der Waals surface area (Å²) in [4.78, 5) is 23.9. The Hall–Kier alpha value is -2.62. The number of hydrogen-bond acceptors (Lipinski definition) is 2. The zero-order valence-corrected chi connectivity index (χ0v) is 13.6. The first-order valence-electron chi connectivity index (χ1n) is 7.79. The molecule has 0 heterocycles. The second kappa shape index (κ2) is 8.13. The third-order valence-electron chi connectivity index (χ3n) is 3.73. The number of nitrogens with one attached hydrogen (secondary N) is 2. The van der Waals surface area contributed by atoms with Crippen molar-refractivity contribution in [2.45, 2.75) is 26.7 Å². The van der Waals surface area contributed by atoms with E-state index in [2.05, 4.69) is 10.6 Å². The topological polar surface area (TPSA) is 58.2 Å². The summed E-state index contributed by atoms with van der Waals surface area (Å²) in [6.45, 7) is 3.98. The molecule has 0 spiro atoms. The van der Waals surface area contributed by atoms with E-state index in [9.17, 15) is 9.59 Å². The van der Waals surface area contributed by atoms with Gasteiger partial charge in [0.25, 0.3) is 0 Å². The van der Waals surface area contributed by atoms with E-state index in [4.69, 9.17) is 0 Å². The molecule has 0 bridgehead atoms. The lowest BCUT2D eigenvalue weighted by molar-refractivity contribution is -0.123. The minimum Gasteiger partial charge on any atom is -0.347 e. The van der Waals surface area contributed by atoms with Crippen molar-refractivity contribution in [2.75, 3.05) is 11.9 Å². The van der Waals surface area contributed by atoms with Gasteiger partial charge in [-0.1, -0.05) is 49.4 Å². The van der Waals surface area contributed by atoms with Gasteiger partial charge < -0.3 is 10.6 Å². The average Bonchev–Trinajstić information content (AvgIpc) is 2.55. The lowest BCUT2D eigenvalue weighted by atomic mass is 10.1. The van der Waals surface area contributed by atoms with Gasteiger partial charge in [0.1, 0.15) is 0 Å². The number of para-hydroxylation sites is 1. The van der Waals surface area contributed by atoms with E-state index in [0.29, 0.717) is 0 Å².